The number of allylic oxidation sites excluding steroid dienone is 24. The summed E-state index contributed by atoms with van der Waals surface area (Å²) in [7, 11) is 0. The Bertz CT molecular complexity index is 1640. The highest BCUT2D eigenvalue weighted by Gasteiger charge is 2.19. The Labute approximate surface area is 455 Å². The van der Waals surface area contributed by atoms with Gasteiger partial charge >= 0.3 is 17.9 Å². The lowest BCUT2D eigenvalue weighted by Gasteiger charge is -2.18. The lowest BCUT2D eigenvalue weighted by Crippen LogP contribution is -2.30. The van der Waals surface area contributed by atoms with E-state index < -0.39 is 6.10 Å². The summed E-state index contributed by atoms with van der Waals surface area (Å²) in [4.78, 5) is 38.2. The first-order valence-electron chi connectivity index (χ1n) is 29.8. The normalized spacial score (nSPS) is 13.2. The summed E-state index contributed by atoms with van der Waals surface area (Å²) in [6, 6.07) is 0. The molecule has 74 heavy (non-hydrogen) atoms. The molecule has 0 bridgehead atoms. The van der Waals surface area contributed by atoms with Crippen LogP contribution in [0.15, 0.2) is 146 Å². The van der Waals surface area contributed by atoms with Gasteiger partial charge in [-0.25, -0.2) is 0 Å². The number of unbranched alkanes of at least 4 members (excludes halogenated alkanes) is 17. The summed E-state index contributed by atoms with van der Waals surface area (Å²) < 4.78 is 16.8. The van der Waals surface area contributed by atoms with Crippen LogP contribution in [0, 0.1) is 0 Å². The minimum Gasteiger partial charge on any atom is -0.462 e. The lowest BCUT2D eigenvalue weighted by atomic mass is 10.0. The quantitative estimate of drug-likeness (QED) is 0.0261. The Morgan fingerprint density at radius 2 is 0.527 bits per heavy atom. The maximum absolute atomic E-state index is 12.9. The molecule has 0 aromatic heterocycles. The van der Waals surface area contributed by atoms with Crippen molar-refractivity contribution in [2.24, 2.45) is 0 Å². The molecule has 0 spiro atoms. The zero-order chi connectivity index (χ0) is 53.6. The molecule has 0 radical (unpaired) electrons. The molecule has 0 saturated heterocycles. The fourth-order valence-corrected chi connectivity index (χ4v) is 7.68. The van der Waals surface area contributed by atoms with Crippen molar-refractivity contribution in [1.29, 1.82) is 0 Å². The molecule has 0 aromatic carbocycles. The van der Waals surface area contributed by atoms with Crippen molar-refractivity contribution >= 4 is 17.9 Å². The van der Waals surface area contributed by atoms with Crippen LogP contribution in [0.4, 0.5) is 0 Å². The molecule has 0 aliphatic heterocycles. The maximum atomic E-state index is 12.9. The third kappa shape index (κ3) is 58.2. The van der Waals surface area contributed by atoms with Crippen molar-refractivity contribution in [3.05, 3.63) is 146 Å². The maximum Gasteiger partial charge on any atom is 0.306 e. The third-order valence-electron chi connectivity index (χ3n) is 12.1. The van der Waals surface area contributed by atoms with Gasteiger partial charge in [-0.15, -0.1) is 0 Å². The number of hydrogen-bond acceptors (Lipinski definition) is 6. The van der Waals surface area contributed by atoms with E-state index in [9.17, 15) is 14.4 Å². The van der Waals surface area contributed by atoms with Crippen LogP contribution in [0.2, 0.25) is 0 Å². The Morgan fingerprint density at radius 1 is 0.284 bits per heavy atom. The fourth-order valence-electron chi connectivity index (χ4n) is 7.68. The van der Waals surface area contributed by atoms with E-state index >= 15 is 0 Å². The van der Waals surface area contributed by atoms with E-state index in [-0.39, 0.29) is 44.0 Å². The lowest BCUT2D eigenvalue weighted by molar-refractivity contribution is -0.167. The predicted molar refractivity (Wildman–Crippen MR) is 320 cm³/mol. The molecule has 0 aromatic rings. The standard InChI is InChI=1S/C68H108O6/c1-4-7-10-13-16-19-22-25-28-30-32-34-36-38-40-43-46-49-52-55-58-61-67(70)73-64-65(63-72-66(69)60-57-54-51-48-45-42-27-24-21-18-15-12-9-6-3)74-68(71)62-59-56-53-50-47-44-41-39-37-35-33-31-29-26-23-20-17-14-11-8-5-2/h7-8,10-11,16-17,19-20,25-26,28-29,32-35,38-41,46-47,49-50,65H,4-6,9,12-15,18,21-24,27,30-31,36-37,42-45,48,51-64H2,1-3H3/b10-7-,11-8-,19-16-,20-17-,28-25-,29-26-,34-32-,35-33-,40-38-,41-39-,49-46-,50-47-. The smallest absolute Gasteiger partial charge is 0.306 e. The van der Waals surface area contributed by atoms with Gasteiger partial charge in [0, 0.05) is 19.3 Å². The number of carbonyl (C=O) groups is 3. The molecule has 0 N–H and O–H groups in total. The average Bonchev–Trinajstić information content (AvgIpc) is 3.40. The summed E-state index contributed by atoms with van der Waals surface area (Å²) in [5.41, 5.74) is 0. The highest BCUT2D eigenvalue weighted by atomic mass is 16.6. The number of esters is 3. The first kappa shape index (κ1) is 69.3. The average molecular weight is 1020 g/mol. The number of hydrogen-bond donors (Lipinski definition) is 0. The molecule has 1 unspecified atom stereocenters. The van der Waals surface area contributed by atoms with Crippen molar-refractivity contribution in [2.75, 3.05) is 13.2 Å². The molecule has 0 aliphatic carbocycles. The third-order valence-corrected chi connectivity index (χ3v) is 12.1. The second kappa shape index (κ2) is 60.8. The zero-order valence-electron chi connectivity index (χ0n) is 47.5. The van der Waals surface area contributed by atoms with E-state index in [1.165, 1.54) is 70.6 Å². The SMILES string of the molecule is CC/C=C\C/C=C\C/C=C\C/C=C\C/C=C\C/C=C\CCCCC(=O)OCC(COC(=O)CCCCCCCCCCCCCCCC)OC(=O)CCCC/C=C\C/C=C\C/C=C\C/C=C\C/C=C\C/C=C\CC. The molecule has 416 valence electrons. The molecule has 0 aliphatic rings. The van der Waals surface area contributed by atoms with E-state index in [4.69, 9.17) is 14.2 Å². The van der Waals surface area contributed by atoms with E-state index in [2.05, 4.69) is 167 Å². The Kier molecular flexibility index (Phi) is 57.0. The van der Waals surface area contributed by atoms with Gasteiger partial charge in [0.05, 0.1) is 0 Å². The second-order valence-electron chi connectivity index (χ2n) is 19.1. The molecule has 0 fully saturated rings. The van der Waals surface area contributed by atoms with Crippen LogP contribution in [-0.2, 0) is 28.6 Å². The fraction of sp³-hybridized carbons (Fsp3) is 0.603. The number of ether oxygens (including phenoxy) is 3. The van der Waals surface area contributed by atoms with Crippen molar-refractivity contribution < 1.29 is 28.6 Å². The first-order chi connectivity index (χ1) is 36.5. The van der Waals surface area contributed by atoms with Crippen molar-refractivity contribution in [3.63, 3.8) is 0 Å². The molecular weight excluding hydrogens is 913 g/mol. The topological polar surface area (TPSA) is 78.9 Å². The minimum atomic E-state index is -0.825. The summed E-state index contributed by atoms with van der Waals surface area (Å²) in [5, 5.41) is 0. The van der Waals surface area contributed by atoms with Gasteiger partial charge in [0.15, 0.2) is 6.10 Å². The zero-order valence-corrected chi connectivity index (χ0v) is 47.5. The molecule has 0 heterocycles. The van der Waals surface area contributed by atoms with Crippen LogP contribution in [0.3, 0.4) is 0 Å². The van der Waals surface area contributed by atoms with E-state index in [1.807, 2.05) is 0 Å². The highest BCUT2D eigenvalue weighted by molar-refractivity contribution is 5.71. The Hall–Kier alpha value is -4.71. The second-order valence-corrected chi connectivity index (χ2v) is 19.1. The van der Waals surface area contributed by atoms with Gasteiger partial charge in [0.2, 0.25) is 0 Å². The summed E-state index contributed by atoms with van der Waals surface area (Å²) in [5.74, 6) is -1.01. The molecule has 0 rings (SSSR count). The van der Waals surface area contributed by atoms with E-state index in [0.29, 0.717) is 19.3 Å². The van der Waals surface area contributed by atoms with Crippen molar-refractivity contribution in [3.8, 4) is 0 Å². The van der Waals surface area contributed by atoms with Gasteiger partial charge in [0.1, 0.15) is 13.2 Å². The van der Waals surface area contributed by atoms with Crippen molar-refractivity contribution in [1.82, 2.24) is 0 Å². The van der Waals surface area contributed by atoms with Crippen molar-refractivity contribution in [2.45, 2.75) is 252 Å². The Morgan fingerprint density at radius 3 is 0.824 bits per heavy atom. The molecule has 6 nitrogen and oxygen atoms in total. The van der Waals surface area contributed by atoms with Crippen LogP contribution >= 0.6 is 0 Å². The van der Waals surface area contributed by atoms with Crippen LogP contribution in [0.5, 0.6) is 0 Å². The first-order valence-corrected chi connectivity index (χ1v) is 29.8. The number of rotatable bonds is 52. The largest absolute Gasteiger partial charge is 0.462 e. The summed E-state index contributed by atoms with van der Waals surface area (Å²) in [6.07, 6.45) is 87.0. The monoisotopic (exact) mass is 1020 g/mol. The molecule has 1 atom stereocenters. The Balaban J connectivity index is 4.56. The van der Waals surface area contributed by atoms with Gasteiger partial charge in [-0.05, 0) is 122 Å². The molecular formula is C68H108O6. The van der Waals surface area contributed by atoms with Gasteiger partial charge in [-0.3, -0.25) is 14.4 Å². The van der Waals surface area contributed by atoms with Gasteiger partial charge in [-0.2, -0.15) is 0 Å². The van der Waals surface area contributed by atoms with Gasteiger partial charge in [-0.1, -0.05) is 250 Å². The van der Waals surface area contributed by atoms with E-state index in [1.54, 1.807) is 0 Å². The molecule has 6 heteroatoms. The minimum absolute atomic E-state index is 0.113. The van der Waals surface area contributed by atoms with Crippen LogP contribution in [-0.4, -0.2) is 37.2 Å². The van der Waals surface area contributed by atoms with E-state index in [0.717, 1.165) is 122 Å². The highest BCUT2D eigenvalue weighted by Crippen LogP contribution is 2.14. The number of carbonyl (C=O) groups excluding carboxylic acids is 3. The molecule has 0 saturated carbocycles. The van der Waals surface area contributed by atoms with Crippen LogP contribution in [0.1, 0.15) is 245 Å². The van der Waals surface area contributed by atoms with Gasteiger partial charge < -0.3 is 14.2 Å². The van der Waals surface area contributed by atoms with Crippen LogP contribution in [0.25, 0.3) is 0 Å². The molecule has 0 amide bonds. The predicted octanol–water partition coefficient (Wildman–Crippen LogP) is 20.4. The van der Waals surface area contributed by atoms with Crippen LogP contribution < -0.4 is 0 Å². The summed E-state index contributed by atoms with van der Waals surface area (Å²) in [6.45, 7) is 6.34. The summed E-state index contributed by atoms with van der Waals surface area (Å²) >= 11 is 0. The van der Waals surface area contributed by atoms with Gasteiger partial charge in [0.25, 0.3) is 0 Å².